The highest BCUT2D eigenvalue weighted by Crippen LogP contribution is 2.29. The predicted molar refractivity (Wildman–Crippen MR) is 70.6 cm³/mol. The summed E-state index contributed by atoms with van der Waals surface area (Å²) in [6.07, 6.45) is 1.89. The normalized spacial score (nSPS) is 11.3. The summed E-state index contributed by atoms with van der Waals surface area (Å²) in [4.78, 5) is 0. The van der Waals surface area contributed by atoms with E-state index in [1.165, 1.54) is 6.07 Å². The smallest absolute Gasteiger partial charge is 0.151 e. The minimum Gasteiger partial charge on any atom is -0.320 e. The number of hydrogen-bond donors (Lipinski definition) is 1. The minimum absolute atomic E-state index is 0.265. The first-order valence-electron chi connectivity index (χ1n) is 5.59. The minimum atomic E-state index is -0.265. The Hall–Kier alpha value is -0.940. The molecule has 1 N–H and O–H groups in total. The maximum atomic E-state index is 13.6. The molecule has 0 radical (unpaired) electrons. The number of fused-ring (bicyclic) bond motifs is 1. The van der Waals surface area contributed by atoms with Crippen molar-refractivity contribution < 1.29 is 4.39 Å². The summed E-state index contributed by atoms with van der Waals surface area (Å²) in [5.74, 6) is -0.265. The lowest BCUT2D eigenvalue weighted by molar-refractivity contribution is 0.628. The maximum absolute atomic E-state index is 13.6. The number of aryl methyl sites for hydroxylation is 2. The molecule has 0 amide bonds. The van der Waals surface area contributed by atoms with Crippen LogP contribution in [0.4, 0.5) is 4.39 Å². The van der Waals surface area contributed by atoms with E-state index >= 15 is 0 Å². The van der Waals surface area contributed by atoms with Gasteiger partial charge in [-0.15, -0.1) is 0 Å². The zero-order valence-electron chi connectivity index (χ0n) is 9.93. The van der Waals surface area contributed by atoms with Gasteiger partial charge < -0.3 is 5.32 Å². The van der Waals surface area contributed by atoms with E-state index in [0.717, 1.165) is 34.9 Å². The second kappa shape index (κ2) is 5.14. The second-order valence-electron chi connectivity index (χ2n) is 4.03. The number of nitrogens with one attached hydrogen (secondary N) is 1. The van der Waals surface area contributed by atoms with E-state index in [1.54, 1.807) is 10.7 Å². The first kappa shape index (κ1) is 12.5. The highest BCUT2D eigenvalue weighted by molar-refractivity contribution is 9.10. The van der Waals surface area contributed by atoms with Crippen LogP contribution in [0.5, 0.6) is 0 Å². The molecule has 0 saturated carbocycles. The first-order valence-corrected chi connectivity index (χ1v) is 6.38. The van der Waals surface area contributed by atoms with Crippen LogP contribution in [0.1, 0.15) is 12.1 Å². The zero-order valence-corrected chi connectivity index (χ0v) is 11.5. The van der Waals surface area contributed by atoms with E-state index in [2.05, 4.69) is 26.3 Å². The summed E-state index contributed by atoms with van der Waals surface area (Å²) >= 11 is 3.47. The topological polar surface area (TPSA) is 29.9 Å². The van der Waals surface area contributed by atoms with Gasteiger partial charge in [-0.2, -0.15) is 5.10 Å². The Morgan fingerprint density at radius 3 is 2.94 bits per heavy atom. The summed E-state index contributed by atoms with van der Waals surface area (Å²) < 4.78 is 16.3. The molecular weight excluding hydrogens is 285 g/mol. The van der Waals surface area contributed by atoms with Crippen LogP contribution in [0.2, 0.25) is 0 Å². The van der Waals surface area contributed by atoms with Gasteiger partial charge in [-0.05, 0) is 38.6 Å². The van der Waals surface area contributed by atoms with Gasteiger partial charge in [0.2, 0.25) is 0 Å². The van der Waals surface area contributed by atoms with Gasteiger partial charge >= 0.3 is 0 Å². The van der Waals surface area contributed by atoms with Crippen molar-refractivity contribution in [2.75, 3.05) is 13.6 Å². The Morgan fingerprint density at radius 1 is 1.47 bits per heavy atom. The van der Waals surface area contributed by atoms with Crippen LogP contribution < -0.4 is 5.32 Å². The first-order chi connectivity index (χ1) is 8.15. The summed E-state index contributed by atoms with van der Waals surface area (Å²) in [7, 11) is 3.79. The van der Waals surface area contributed by atoms with Gasteiger partial charge in [0.05, 0.1) is 0 Å². The summed E-state index contributed by atoms with van der Waals surface area (Å²) in [6.45, 7) is 0.944. The molecule has 0 saturated heterocycles. The average molecular weight is 300 g/mol. The lowest BCUT2D eigenvalue weighted by atomic mass is 10.1. The summed E-state index contributed by atoms with van der Waals surface area (Å²) in [5, 5.41) is 8.24. The van der Waals surface area contributed by atoms with Gasteiger partial charge in [0.25, 0.3) is 0 Å². The Labute approximate surface area is 108 Å². The monoisotopic (exact) mass is 299 g/mol. The van der Waals surface area contributed by atoms with Crippen LogP contribution in [-0.2, 0) is 13.5 Å². The average Bonchev–Trinajstić information content (AvgIpc) is 2.63. The van der Waals surface area contributed by atoms with Crippen molar-refractivity contribution in [3.05, 3.63) is 28.1 Å². The van der Waals surface area contributed by atoms with Crippen LogP contribution in [0.3, 0.4) is 0 Å². The largest absolute Gasteiger partial charge is 0.320 e. The highest BCUT2D eigenvalue weighted by atomic mass is 79.9. The Kier molecular flexibility index (Phi) is 3.79. The quantitative estimate of drug-likeness (QED) is 0.880. The molecule has 1 aromatic carbocycles. The highest BCUT2D eigenvalue weighted by Gasteiger charge is 2.14. The van der Waals surface area contributed by atoms with Crippen LogP contribution in [0, 0.1) is 5.82 Å². The molecule has 2 aromatic rings. The van der Waals surface area contributed by atoms with E-state index in [4.69, 9.17) is 0 Å². The van der Waals surface area contributed by atoms with Crippen molar-refractivity contribution in [3.8, 4) is 0 Å². The molecule has 0 atom stereocenters. The van der Waals surface area contributed by atoms with Crippen molar-refractivity contribution in [3.63, 3.8) is 0 Å². The van der Waals surface area contributed by atoms with Gasteiger partial charge in [-0.25, -0.2) is 4.39 Å². The van der Waals surface area contributed by atoms with E-state index in [9.17, 15) is 4.39 Å². The van der Waals surface area contributed by atoms with Crippen LogP contribution in [-0.4, -0.2) is 23.4 Å². The van der Waals surface area contributed by atoms with Crippen molar-refractivity contribution in [1.29, 1.82) is 0 Å². The third kappa shape index (κ3) is 2.35. The molecule has 5 heteroatoms. The number of rotatable bonds is 4. The standard InChI is InChI=1S/C12H15BrFN3/c1-15-7-3-4-10-11-8(13)5-6-9(14)12(11)16-17(10)2/h5-6,15H,3-4,7H2,1-2H3. The SMILES string of the molecule is CNCCCc1c2c(Br)ccc(F)c2nn1C. The van der Waals surface area contributed by atoms with E-state index < -0.39 is 0 Å². The van der Waals surface area contributed by atoms with Gasteiger partial charge in [0.1, 0.15) is 5.52 Å². The Balaban J connectivity index is 2.47. The van der Waals surface area contributed by atoms with Gasteiger partial charge in [0, 0.05) is 22.6 Å². The molecule has 3 nitrogen and oxygen atoms in total. The van der Waals surface area contributed by atoms with Crippen molar-refractivity contribution in [2.45, 2.75) is 12.8 Å². The molecule has 0 bridgehead atoms. The third-order valence-corrected chi connectivity index (χ3v) is 3.51. The van der Waals surface area contributed by atoms with Crippen LogP contribution in [0.15, 0.2) is 16.6 Å². The lowest BCUT2D eigenvalue weighted by Gasteiger charge is -2.03. The van der Waals surface area contributed by atoms with Crippen LogP contribution >= 0.6 is 15.9 Å². The summed E-state index contributed by atoms with van der Waals surface area (Å²) in [5.41, 5.74) is 1.52. The summed E-state index contributed by atoms with van der Waals surface area (Å²) in [6, 6.07) is 3.18. The van der Waals surface area contributed by atoms with Crippen LogP contribution in [0.25, 0.3) is 10.9 Å². The molecule has 0 fully saturated rings. The number of benzene rings is 1. The molecule has 2 rings (SSSR count). The number of hydrogen-bond acceptors (Lipinski definition) is 2. The number of halogens is 2. The number of nitrogens with zero attached hydrogens (tertiary/aromatic N) is 2. The lowest BCUT2D eigenvalue weighted by Crippen LogP contribution is -2.09. The fourth-order valence-corrected chi connectivity index (χ4v) is 2.55. The fourth-order valence-electron chi connectivity index (χ4n) is 2.00. The fraction of sp³-hybridized carbons (Fsp3) is 0.417. The van der Waals surface area contributed by atoms with E-state index in [0.29, 0.717) is 5.52 Å². The Morgan fingerprint density at radius 2 is 2.24 bits per heavy atom. The van der Waals surface area contributed by atoms with E-state index in [-0.39, 0.29) is 5.82 Å². The Bertz CT molecular complexity index is 536. The molecule has 92 valence electrons. The maximum Gasteiger partial charge on any atom is 0.151 e. The predicted octanol–water partition coefficient (Wildman–Crippen LogP) is 2.63. The molecule has 0 aliphatic heterocycles. The molecule has 17 heavy (non-hydrogen) atoms. The van der Waals surface area contributed by atoms with Gasteiger partial charge in [0.15, 0.2) is 5.82 Å². The molecule has 0 aliphatic carbocycles. The third-order valence-electron chi connectivity index (χ3n) is 2.85. The van der Waals surface area contributed by atoms with Crippen molar-refractivity contribution >= 4 is 26.8 Å². The van der Waals surface area contributed by atoms with Crippen molar-refractivity contribution in [1.82, 2.24) is 15.1 Å². The number of aromatic nitrogens is 2. The van der Waals surface area contributed by atoms with Gasteiger partial charge in [-0.1, -0.05) is 15.9 Å². The zero-order chi connectivity index (χ0) is 12.4. The molecule has 0 unspecified atom stereocenters. The molecule has 1 aromatic heterocycles. The molecule has 0 spiro atoms. The molecule has 1 heterocycles. The molecular formula is C12H15BrFN3. The van der Waals surface area contributed by atoms with E-state index in [1.807, 2.05) is 14.1 Å². The van der Waals surface area contributed by atoms with Gasteiger partial charge in [-0.3, -0.25) is 4.68 Å². The molecule has 0 aliphatic rings. The van der Waals surface area contributed by atoms with Crippen molar-refractivity contribution in [2.24, 2.45) is 7.05 Å². The second-order valence-corrected chi connectivity index (χ2v) is 4.88.